The SMILES string of the molecule is COc1ccc(CC2S/C(=C(\C#N)C(=O)Nc3cccc(C)c3C)N(c3ccccc3)C2=O)cc1. The number of hydrogen-bond acceptors (Lipinski definition) is 5. The second-order valence-electron chi connectivity index (χ2n) is 8.16. The van der Waals surface area contributed by atoms with Crippen molar-refractivity contribution < 1.29 is 14.3 Å². The summed E-state index contributed by atoms with van der Waals surface area (Å²) in [6, 6.07) is 24.3. The zero-order valence-electron chi connectivity index (χ0n) is 19.7. The predicted octanol–water partition coefficient (Wildman–Crippen LogP) is 5.38. The lowest BCUT2D eigenvalue weighted by Crippen LogP contribution is -2.30. The maximum absolute atomic E-state index is 13.5. The van der Waals surface area contributed by atoms with Crippen LogP contribution in [0.15, 0.2) is 83.4 Å². The molecule has 3 aromatic carbocycles. The molecule has 1 saturated heterocycles. The Bertz CT molecular complexity index is 1330. The number of nitriles is 1. The fraction of sp³-hybridized carbons (Fsp3) is 0.179. The molecule has 1 unspecified atom stereocenters. The molecule has 1 atom stereocenters. The third-order valence-electron chi connectivity index (χ3n) is 5.95. The Morgan fingerprint density at radius 3 is 2.43 bits per heavy atom. The molecule has 0 aliphatic carbocycles. The van der Waals surface area contributed by atoms with Crippen LogP contribution in [0.25, 0.3) is 0 Å². The Balaban J connectivity index is 1.70. The molecule has 1 N–H and O–H groups in total. The third-order valence-corrected chi connectivity index (χ3v) is 7.22. The third kappa shape index (κ3) is 5.08. The summed E-state index contributed by atoms with van der Waals surface area (Å²) < 4.78 is 5.22. The minimum atomic E-state index is -0.539. The lowest BCUT2D eigenvalue weighted by atomic mass is 10.1. The van der Waals surface area contributed by atoms with E-state index in [9.17, 15) is 14.9 Å². The second kappa shape index (κ2) is 10.5. The molecule has 1 fully saturated rings. The topological polar surface area (TPSA) is 82.4 Å². The van der Waals surface area contributed by atoms with Gasteiger partial charge < -0.3 is 10.1 Å². The number of nitrogens with one attached hydrogen (secondary N) is 1. The summed E-state index contributed by atoms with van der Waals surface area (Å²) in [4.78, 5) is 28.3. The van der Waals surface area contributed by atoms with Crippen LogP contribution in [-0.4, -0.2) is 24.2 Å². The van der Waals surface area contributed by atoms with Crippen LogP contribution >= 0.6 is 11.8 Å². The van der Waals surface area contributed by atoms with Crippen LogP contribution in [0.4, 0.5) is 11.4 Å². The van der Waals surface area contributed by atoms with Crippen LogP contribution in [0.5, 0.6) is 5.75 Å². The normalized spacial score (nSPS) is 16.6. The number of ether oxygens (including phenoxy) is 1. The number of para-hydroxylation sites is 1. The molecule has 0 aromatic heterocycles. The van der Waals surface area contributed by atoms with Gasteiger partial charge in [0, 0.05) is 11.4 Å². The molecule has 1 aliphatic rings. The number of nitrogens with zero attached hydrogens (tertiary/aromatic N) is 2. The fourth-order valence-corrected chi connectivity index (χ4v) is 5.15. The monoisotopic (exact) mass is 483 g/mol. The van der Waals surface area contributed by atoms with Gasteiger partial charge in [-0.3, -0.25) is 14.5 Å². The summed E-state index contributed by atoms with van der Waals surface area (Å²) in [6.07, 6.45) is 0.456. The first-order valence-corrected chi connectivity index (χ1v) is 12.0. The summed E-state index contributed by atoms with van der Waals surface area (Å²) in [6.45, 7) is 3.88. The van der Waals surface area contributed by atoms with Crippen molar-refractivity contribution >= 4 is 35.0 Å². The summed E-state index contributed by atoms with van der Waals surface area (Å²) in [5, 5.41) is 12.7. The Kier molecular flexibility index (Phi) is 7.23. The highest BCUT2D eigenvalue weighted by atomic mass is 32.2. The number of carbonyl (C=O) groups excluding carboxylic acids is 2. The first kappa shape index (κ1) is 24.1. The molecule has 0 radical (unpaired) electrons. The number of aryl methyl sites for hydroxylation is 1. The molecule has 0 saturated carbocycles. The molecule has 6 nitrogen and oxygen atoms in total. The highest BCUT2D eigenvalue weighted by molar-refractivity contribution is 8.05. The molecule has 176 valence electrons. The van der Waals surface area contributed by atoms with Crippen molar-refractivity contribution in [3.05, 3.63) is 100 Å². The van der Waals surface area contributed by atoms with Gasteiger partial charge in [-0.25, -0.2) is 0 Å². The van der Waals surface area contributed by atoms with Gasteiger partial charge in [0.25, 0.3) is 5.91 Å². The number of benzene rings is 3. The van der Waals surface area contributed by atoms with Crippen LogP contribution in [0.1, 0.15) is 16.7 Å². The first-order chi connectivity index (χ1) is 16.9. The number of carbonyl (C=O) groups is 2. The summed E-state index contributed by atoms with van der Waals surface area (Å²) in [5.41, 5.74) is 4.08. The zero-order valence-corrected chi connectivity index (χ0v) is 20.6. The van der Waals surface area contributed by atoms with Crippen LogP contribution in [0.2, 0.25) is 0 Å². The molecule has 1 aliphatic heterocycles. The molecular formula is C28H25N3O3S. The number of amides is 2. The molecule has 4 rings (SSSR count). The van der Waals surface area contributed by atoms with Gasteiger partial charge in [-0.2, -0.15) is 5.26 Å². The molecule has 35 heavy (non-hydrogen) atoms. The molecule has 0 bridgehead atoms. The number of thioether (sulfide) groups is 1. The van der Waals surface area contributed by atoms with E-state index < -0.39 is 11.2 Å². The summed E-state index contributed by atoms with van der Waals surface area (Å²) >= 11 is 1.25. The summed E-state index contributed by atoms with van der Waals surface area (Å²) in [5.74, 6) is 0.0300. The number of hydrogen-bond donors (Lipinski definition) is 1. The maximum Gasteiger partial charge on any atom is 0.269 e. The zero-order chi connectivity index (χ0) is 24.9. The standard InChI is InChI=1S/C28H25N3O3S/c1-18-8-7-11-24(19(18)2)30-26(32)23(17-29)28-31(21-9-5-4-6-10-21)27(33)25(35-28)16-20-12-14-22(34-3)15-13-20/h4-15,25H,16H2,1-3H3,(H,30,32)/b28-23+. The van der Waals surface area contributed by atoms with Crippen molar-refractivity contribution in [2.24, 2.45) is 0 Å². The lowest BCUT2D eigenvalue weighted by Gasteiger charge is -2.19. The van der Waals surface area contributed by atoms with Crippen molar-refractivity contribution in [3.63, 3.8) is 0 Å². The predicted molar refractivity (Wildman–Crippen MR) is 139 cm³/mol. The Hall–Kier alpha value is -4.02. The number of rotatable bonds is 6. The molecule has 7 heteroatoms. The van der Waals surface area contributed by atoms with Gasteiger partial charge in [0.05, 0.1) is 12.4 Å². The van der Waals surface area contributed by atoms with E-state index in [1.54, 1.807) is 25.3 Å². The molecule has 2 amide bonds. The smallest absolute Gasteiger partial charge is 0.269 e. The van der Waals surface area contributed by atoms with Crippen molar-refractivity contribution in [3.8, 4) is 11.8 Å². The van der Waals surface area contributed by atoms with E-state index in [1.807, 2.05) is 68.4 Å². The molecule has 0 spiro atoms. The average molecular weight is 484 g/mol. The van der Waals surface area contributed by atoms with Crippen molar-refractivity contribution in [1.29, 1.82) is 5.26 Å². The first-order valence-electron chi connectivity index (χ1n) is 11.1. The van der Waals surface area contributed by atoms with Crippen molar-refractivity contribution in [2.45, 2.75) is 25.5 Å². The Labute approximate surface area is 209 Å². The van der Waals surface area contributed by atoms with Crippen LogP contribution in [-0.2, 0) is 16.0 Å². The van der Waals surface area contributed by atoms with E-state index in [0.29, 0.717) is 22.8 Å². The Morgan fingerprint density at radius 1 is 1.06 bits per heavy atom. The van der Waals surface area contributed by atoms with Crippen LogP contribution < -0.4 is 15.0 Å². The minimum absolute atomic E-state index is 0.0923. The Morgan fingerprint density at radius 2 is 1.77 bits per heavy atom. The van der Waals surface area contributed by atoms with Gasteiger partial charge >= 0.3 is 0 Å². The van der Waals surface area contributed by atoms with E-state index in [1.165, 1.54) is 16.7 Å². The lowest BCUT2D eigenvalue weighted by molar-refractivity contribution is -0.117. The van der Waals surface area contributed by atoms with Gasteiger partial charge in [0.2, 0.25) is 5.91 Å². The van der Waals surface area contributed by atoms with E-state index in [2.05, 4.69) is 11.4 Å². The largest absolute Gasteiger partial charge is 0.497 e. The quantitative estimate of drug-likeness (QED) is 0.376. The second-order valence-corrected chi connectivity index (χ2v) is 9.35. The van der Waals surface area contributed by atoms with Crippen molar-refractivity contribution in [1.82, 2.24) is 0 Å². The maximum atomic E-state index is 13.5. The minimum Gasteiger partial charge on any atom is -0.497 e. The fourth-order valence-electron chi connectivity index (χ4n) is 3.85. The highest BCUT2D eigenvalue weighted by Gasteiger charge is 2.40. The van der Waals surface area contributed by atoms with E-state index in [0.717, 1.165) is 22.4 Å². The highest BCUT2D eigenvalue weighted by Crippen LogP contribution is 2.42. The van der Waals surface area contributed by atoms with E-state index in [4.69, 9.17) is 4.74 Å². The van der Waals surface area contributed by atoms with E-state index >= 15 is 0 Å². The molecule has 1 heterocycles. The van der Waals surface area contributed by atoms with E-state index in [-0.39, 0.29) is 11.5 Å². The van der Waals surface area contributed by atoms with Gasteiger partial charge in [-0.15, -0.1) is 0 Å². The number of anilines is 2. The van der Waals surface area contributed by atoms with Gasteiger partial charge in [-0.05, 0) is 67.3 Å². The molecule has 3 aromatic rings. The summed E-state index contributed by atoms with van der Waals surface area (Å²) in [7, 11) is 1.60. The van der Waals surface area contributed by atoms with Crippen LogP contribution in [0, 0.1) is 25.2 Å². The average Bonchev–Trinajstić information content (AvgIpc) is 3.18. The van der Waals surface area contributed by atoms with Gasteiger partial charge in [0.1, 0.15) is 22.4 Å². The van der Waals surface area contributed by atoms with Gasteiger partial charge in [-0.1, -0.05) is 54.2 Å². The number of methoxy groups -OCH3 is 1. The van der Waals surface area contributed by atoms with Crippen molar-refractivity contribution in [2.75, 3.05) is 17.3 Å². The molecular weight excluding hydrogens is 458 g/mol. The van der Waals surface area contributed by atoms with Crippen LogP contribution in [0.3, 0.4) is 0 Å². The van der Waals surface area contributed by atoms with Gasteiger partial charge in [0.15, 0.2) is 0 Å².